The van der Waals surface area contributed by atoms with E-state index in [4.69, 9.17) is 0 Å². The van der Waals surface area contributed by atoms with Crippen LogP contribution < -0.4 is 4.57 Å². The minimum Gasteiger partial charge on any atom is -0.502 e. The van der Waals surface area contributed by atoms with Crippen LogP contribution in [0.3, 0.4) is 0 Å². The molecule has 0 saturated carbocycles. The first-order chi connectivity index (χ1) is 5.79. The van der Waals surface area contributed by atoms with Crippen LogP contribution in [0, 0.1) is 0 Å². The minimum atomic E-state index is 0.267. The number of nitrogens with zero attached hydrogens (tertiary/aromatic N) is 2. The molecule has 1 aromatic carbocycles. The van der Waals surface area contributed by atoms with Crippen LogP contribution in [0.2, 0.25) is 0 Å². The summed E-state index contributed by atoms with van der Waals surface area (Å²) in [5.41, 5.74) is 1.57. The highest BCUT2D eigenvalue weighted by atomic mass is 16.3. The molecule has 0 atom stereocenters. The molecular formula is C9H9N2O+. The first-order valence-electron chi connectivity index (χ1n) is 3.71. The molecule has 1 heterocycles. The first-order valence-corrected chi connectivity index (χ1v) is 3.71. The van der Waals surface area contributed by atoms with Crippen LogP contribution in [0.5, 0.6) is 5.75 Å². The molecule has 3 nitrogen and oxygen atoms in total. The van der Waals surface area contributed by atoms with Crippen molar-refractivity contribution >= 4 is 11.0 Å². The third kappa shape index (κ3) is 0.906. The van der Waals surface area contributed by atoms with Crippen molar-refractivity contribution in [2.75, 3.05) is 0 Å². The molecule has 12 heavy (non-hydrogen) atoms. The van der Waals surface area contributed by atoms with Crippen LogP contribution in [0.15, 0.2) is 30.6 Å². The van der Waals surface area contributed by atoms with Crippen molar-refractivity contribution in [2.45, 2.75) is 0 Å². The lowest BCUT2D eigenvalue weighted by molar-refractivity contribution is -0.645. The van der Waals surface area contributed by atoms with Gasteiger partial charge in [-0.25, -0.2) is 4.98 Å². The fourth-order valence-electron chi connectivity index (χ4n) is 1.27. The second kappa shape index (κ2) is 2.44. The molecule has 0 radical (unpaired) electrons. The maximum atomic E-state index is 9.49. The van der Waals surface area contributed by atoms with Crippen molar-refractivity contribution < 1.29 is 9.67 Å². The van der Waals surface area contributed by atoms with Gasteiger partial charge in [-0.15, -0.1) is 0 Å². The molecule has 0 saturated heterocycles. The van der Waals surface area contributed by atoms with E-state index in [0.29, 0.717) is 0 Å². The van der Waals surface area contributed by atoms with Crippen molar-refractivity contribution in [3.63, 3.8) is 0 Å². The van der Waals surface area contributed by atoms with Crippen LogP contribution in [0.25, 0.3) is 11.0 Å². The van der Waals surface area contributed by atoms with Gasteiger partial charge in [0.1, 0.15) is 12.6 Å². The van der Waals surface area contributed by atoms with Gasteiger partial charge >= 0.3 is 0 Å². The van der Waals surface area contributed by atoms with Gasteiger partial charge in [-0.3, -0.25) is 0 Å². The lowest BCUT2D eigenvalue weighted by Gasteiger charge is -1.96. The maximum Gasteiger partial charge on any atom is 0.273 e. The van der Waals surface area contributed by atoms with E-state index in [1.807, 2.05) is 23.9 Å². The summed E-state index contributed by atoms with van der Waals surface area (Å²) >= 11 is 0. The van der Waals surface area contributed by atoms with E-state index in [2.05, 4.69) is 4.98 Å². The summed E-state index contributed by atoms with van der Waals surface area (Å²) in [7, 11) is 1.88. The Hall–Kier alpha value is -1.64. The van der Waals surface area contributed by atoms with Crippen LogP contribution in [-0.4, -0.2) is 10.1 Å². The molecule has 3 heteroatoms. The summed E-state index contributed by atoms with van der Waals surface area (Å²) in [5.74, 6) is 0.267. The van der Waals surface area contributed by atoms with E-state index in [0.717, 1.165) is 11.0 Å². The topological polar surface area (TPSA) is 37.0 Å². The molecule has 0 unspecified atom stereocenters. The average Bonchev–Trinajstić information content (AvgIpc) is 2.04. The largest absolute Gasteiger partial charge is 0.502 e. The van der Waals surface area contributed by atoms with Crippen molar-refractivity contribution in [1.29, 1.82) is 0 Å². The molecule has 0 aliphatic rings. The van der Waals surface area contributed by atoms with Crippen molar-refractivity contribution in [2.24, 2.45) is 7.05 Å². The van der Waals surface area contributed by atoms with Gasteiger partial charge in [-0.05, 0) is 12.1 Å². The monoisotopic (exact) mass is 161 g/mol. The number of aromatic nitrogens is 2. The Morgan fingerprint density at radius 2 is 2.25 bits per heavy atom. The van der Waals surface area contributed by atoms with E-state index in [-0.39, 0.29) is 5.75 Å². The lowest BCUT2D eigenvalue weighted by atomic mass is 10.3. The van der Waals surface area contributed by atoms with Crippen LogP contribution in [0.1, 0.15) is 0 Å². The van der Waals surface area contributed by atoms with Gasteiger partial charge in [-0.1, -0.05) is 6.07 Å². The average molecular weight is 161 g/mol. The summed E-state index contributed by atoms with van der Waals surface area (Å²) in [6.45, 7) is 0. The second-order valence-corrected chi connectivity index (χ2v) is 2.68. The lowest BCUT2D eigenvalue weighted by Crippen LogP contribution is -2.28. The predicted octanol–water partition coefficient (Wildman–Crippen LogP) is 0.765. The normalized spacial score (nSPS) is 10.4. The van der Waals surface area contributed by atoms with Crippen molar-refractivity contribution in [1.82, 2.24) is 4.98 Å². The molecular weight excluding hydrogens is 152 g/mol. The quantitative estimate of drug-likeness (QED) is 0.579. The van der Waals surface area contributed by atoms with E-state index >= 15 is 0 Å². The molecule has 2 rings (SSSR count). The van der Waals surface area contributed by atoms with Crippen LogP contribution >= 0.6 is 0 Å². The molecule has 0 bridgehead atoms. The van der Waals surface area contributed by atoms with Gasteiger partial charge < -0.3 is 5.11 Å². The summed E-state index contributed by atoms with van der Waals surface area (Å²) in [6, 6.07) is 5.31. The molecule has 0 fully saturated rings. The van der Waals surface area contributed by atoms with Gasteiger partial charge in [-0.2, -0.15) is 4.57 Å². The fraction of sp³-hybridized carbons (Fsp3) is 0.111. The molecule has 60 valence electrons. The van der Waals surface area contributed by atoms with Crippen LogP contribution in [-0.2, 0) is 7.05 Å². The highest BCUT2D eigenvalue weighted by molar-refractivity contribution is 5.76. The van der Waals surface area contributed by atoms with Gasteiger partial charge in [0.25, 0.3) is 5.52 Å². The molecule has 0 aliphatic carbocycles. The second-order valence-electron chi connectivity index (χ2n) is 2.68. The Morgan fingerprint density at radius 1 is 1.42 bits per heavy atom. The molecule has 1 N–H and O–H groups in total. The Labute approximate surface area is 69.9 Å². The molecule has 0 spiro atoms. The number of fused-ring (bicyclic) bond motifs is 1. The standard InChI is InChI=1S/C9H8N2O/c1-11-6-5-10-7-3-2-4-8(12)9(7)11/h2-6H,1H3/p+1. The Morgan fingerprint density at radius 3 is 3.00 bits per heavy atom. The van der Waals surface area contributed by atoms with Gasteiger partial charge in [0.15, 0.2) is 11.9 Å². The number of aryl methyl sites for hydroxylation is 1. The van der Waals surface area contributed by atoms with E-state index in [1.165, 1.54) is 0 Å². The fourth-order valence-corrected chi connectivity index (χ4v) is 1.27. The van der Waals surface area contributed by atoms with Crippen molar-refractivity contribution in [3.8, 4) is 5.75 Å². The SMILES string of the molecule is C[n+]1ccnc2cccc(O)c21. The predicted molar refractivity (Wildman–Crippen MR) is 44.6 cm³/mol. The number of phenolic OH excluding ortho intramolecular Hbond substituents is 1. The van der Waals surface area contributed by atoms with E-state index in [1.54, 1.807) is 18.3 Å². The van der Waals surface area contributed by atoms with E-state index < -0.39 is 0 Å². The zero-order chi connectivity index (χ0) is 8.55. The number of benzene rings is 1. The zero-order valence-electron chi connectivity index (χ0n) is 6.73. The third-order valence-electron chi connectivity index (χ3n) is 1.85. The summed E-state index contributed by atoms with van der Waals surface area (Å²) in [5, 5.41) is 9.49. The molecule has 0 amide bonds. The van der Waals surface area contributed by atoms with Gasteiger partial charge in [0, 0.05) is 0 Å². The van der Waals surface area contributed by atoms with Crippen LogP contribution in [0.4, 0.5) is 0 Å². The summed E-state index contributed by atoms with van der Waals surface area (Å²) in [4.78, 5) is 4.12. The third-order valence-corrected chi connectivity index (χ3v) is 1.85. The highest BCUT2D eigenvalue weighted by Crippen LogP contribution is 2.17. The Kier molecular flexibility index (Phi) is 1.43. The number of rotatable bonds is 0. The summed E-state index contributed by atoms with van der Waals surface area (Å²) < 4.78 is 1.84. The molecule has 2 aromatic rings. The Bertz CT molecular complexity index is 389. The van der Waals surface area contributed by atoms with Crippen molar-refractivity contribution in [3.05, 3.63) is 30.6 Å². The zero-order valence-corrected chi connectivity index (χ0v) is 6.73. The van der Waals surface area contributed by atoms with E-state index in [9.17, 15) is 5.11 Å². The number of hydrogen-bond acceptors (Lipinski definition) is 2. The van der Waals surface area contributed by atoms with Gasteiger partial charge in [0.05, 0.1) is 6.20 Å². The number of phenols is 1. The number of hydrogen-bond donors (Lipinski definition) is 1. The summed E-state index contributed by atoms with van der Waals surface area (Å²) in [6.07, 6.45) is 3.52. The first kappa shape index (κ1) is 7.03. The number of aromatic hydroxyl groups is 1. The molecule has 1 aromatic heterocycles. The maximum absolute atomic E-state index is 9.49. The minimum absolute atomic E-state index is 0.267. The highest BCUT2D eigenvalue weighted by Gasteiger charge is 2.08. The smallest absolute Gasteiger partial charge is 0.273 e. The number of para-hydroxylation sites is 1. The van der Waals surface area contributed by atoms with Gasteiger partial charge in [0.2, 0.25) is 0 Å². The molecule has 0 aliphatic heterocycles. The Balaban J connectivity index is 2.96.